The van der Waals surface area contributed by atoms with Gasteiger partial charge in [-0.2, -0.15) is 0 Å². The van der Waals surface area contributed by atoms with Gasteiger partial charge in [-0.3, -0.25) is 0 Å². The van der Waals surface area contributed by atoms with Crippen molar-refractivity contribution in [2.75, 3.05) is 13.2 Å². The molecular formula is C12H17NO3. The van der Waals surface area contributed by atoms with Crippen LogP contribution < -0.4 is 5.32 Å². The third kappa shape index (κ3) is 3.55. The highest BCUT2D eigenvalue weighted by Gasteiger charge is 2.11. The maximum atomic E-state index is 11.3. The van der Waals surface area contributed by atoms with Gasteiger partial charge in [-0.15, -0.1) is 0 Å². The van der Waals surface area contributed by atoms with Crippen LogP contribution in [0.3, 0.4) is 0 Å². The number of carbonyl (C=O) groups is 1. The molecule has 1 heterocycles. The zero-order valence-electron chi connectivity index (χ0n) is 9.66. The van der Waals surface area contributed by atoms with Gasteiger partial charge < -0.3 is 14.5 Å². The molecule has 0 aliphatic carbocycles. The van der Waals surface area contributed by atoms with E-state index in [1.807, 2.05) is 19.1 Å². The van der Waals surface area contributed by atoms with E-state index < -0.39 is 0 Å². The van der Waals surface area contributed by atoms with Gasteiger partial charge in [-0.1, -0.05) is 6.58 Å². The number of hydrogen-bond acceptors (Lipinski definition) is 4. The van der Waals surface area contributed by atoms with E-state index >= 15 is 0 Å². The Morgan fingerprint density at radius 3 is 3.00 bits per heavy atom. The van der Waals surface area contributed by atoms with Gasteiger partial charge in [0.15, 0.2) is 0 Å². The van der Waals surface area contributed by atoms with E-state index in [-0.39, 0.29) is 12.0 Å². The number of furan rings is 1. The summed E-state index contributed by atoms with van der Waals surface area (Å²) >= 11 is 0. The summed E-state index contributed by atoms with van der Waals surface area (Å²) in [5.41, 5.74) is 0.417. The van der Waals surface area contributed by atoms with E-state index in [1.54, 1.807) is 13.2 Å². The predicted molar refractivity (Wildman–Crippen MR) is 60.9 cm³/mol. The largest absolute Gasteiger partial charge is 0.468 e. The Labute approximate surface area is 95.3 Å². The first kappa shape index (κ1) is 12.5. The highest BCUT2D eigenvalue weighted by molar-refractivity contribution is 5.88. The van der Waals surface area contributed by atoms with Crippen LogP contribution in [-0.4, -0.2) is 19.1 Å². The Morgan fingerprint density at radius 1 is 1.69 bits per heavy atom. The summed E-state index contributed by atoms with van der Waals surface area (Å²) in [5, 5.41) is 3.13. The fourth-order valence-corrected chi connectivity index (χ4v) is 1.22. The van der Waals surface area contributed by atoms with Gasteiger partial charge in [-0.05, 0) is 26.0 Å². The van der Waals surface area contributed by atoms with E-state index in [0.29, 0.717) is 18.7 Å². The molecule has 1 N–H and O–H groups in total. The molecule has 1 rings (SSSR count). The topological polar surface area (TPSA) is 51.5 Å². The molecule has 1 atom stereocenters. The standard InChI is InChI=1S/C12H17NO3/c1-4-15-12(14)9(2)8-13-10(3)11-6-5-7-16-11/h5-7,10,13H,2,4,8H2,1,3H3/t10-/m1/s1. The minimum absolute atomic E-state index is 0.0428. The van der Waals surface area contributed by atoms with Crippen molar-refractivity contribution in [2.24, 2.45) is 0 Å². The first-order chi connectivity index (χ1) is 7.65. The average molecular weight is 223 g/mol. The van der Waals surface area contributed by atoms with Crippen molar-refractivity contribution in [2.45, 2.75) is 19.9 Å². The van der Waals surface area contributed by atoms with Crippen molar-refractivity contribution in [3.8, 4) is 0 Å². The molecule has 0 bridgehead atoms. The zero-order valence-corrected chi connectivity index (χ0v) is 9.66. The van der Waals surface area contributed by atoms with Gasteiger partial charge in [0.1, 0.15) is 5.76 Å². The Bertz CT molecular complexity index is 343. The van der Waals surface area contributed by atoms with Crippen molar-refractivity contribution >= 4 is 5.97 Å². The number of esters is 1. The molecule has 0 unspecified atom stereocenters. The SMILES string of the molecule is C=C(CN[C@H](C)c1ccco1)C(=O)OCC. The third-order valence-corrected chi connectivity index (χ3v) is 2.16. The Balaban J connectivity index is 2.34. The van der Waals surface area contributed by atoms with Crippen LogP contribution in [0.4, 0.5) is 0 Å². The smallest absolute Gasteiger partial charge is 0.334 e. The molecule has 1 aromatic heterocycles. The number of carbonyl (C=O) groups excluding carboxylic acids is 1. The fourth-order valence-electron chi connectivity index (χ4n) is 1.22. The molecule has 16 heavy (non-hydrogen) atoms. The third-order valence-electron chi connectivity index (χ3n) is 2.16. The average Bonchev–Trinajstić information content (AvgIpc) is 2.79. The van der Waals surface area contributed by atoms with Crippen LogP contribution >= 0.6 is 0 Å². The van der Waals surface area contributed by atoms with E-state index in [1.165, 1.54) is 0 Å². The van der Waals surface area contributed by atoms with Crippen LogP contribution in [0.5, 0.6) is 0 Å². The van der Waals surface area contributed by atoms with Crippen LogP contribution in [-0.2, 0) is 9.53 Å². The second kappa shape index (κ2) is 6.12. The quantitative estimate of drug-likeness (QED) is 0.592. The van der Waals surface area contributed by atoms with Crippen molar-refractivity contribution in [1.82, 2.24) is 5.32 Å². The summed E-state index contributed by atoms with van der Waals surface area (Å²) in [6.45, 7) is 8.14. The minimum atomic E-state index is -0.360. The van der Waals surface area contributed by atoms with Crippen molar-refractivity contribution in [3.05, 3.63) is 36.3 Å². The Morgan fingerprint density at radius 2 is 2.44 bits per heavy atom. The second-order valence-corrected chi connectivity index (χ2v) is 3.44. The lowest BCUT2D eigenvalue weighted by Gasteiger charge is -2.12. The second-order valence-electron chi connectivity index (χ2n) is 3.44. The zero-order chi connectivity index (χ0) is 12.0. The van der Waals surface area contributed by atoms with Crippen LogP contribution in [0.25, 0.3) is 0 Å². The van der Waals surface area contributed by atoms with Gasteiger partial charge in [0.25, 0.3) is 0 Å². The number of ether oxygens (including phenoxy) is 1. The van der Waals surface area contributed by atoms with Gasteiger partial charge in [0.05, 0.1) is 18.9 Å². The normalized spacial score (nSPS) is 12.1. The van der Waals surface area contributed by atoms with Crippen LogP contribution in [0.15, 0.2) is 35.0 Å². The van der Waals surface area contributed by atoms with E-state index in [0.717, 1.165) is 5.76 Å². The van der Waals surface area contributed by atoms with E-state index in [4.69, 9.17) is 9.15 Å². The van der Waals surface area contributed by atoms with Crippen molar-refractivity contribution < 1.29 is 13.9 Å². The molecule has 0 spiro atoms. The maximum absolute atomic E-state index is 11.3. The fraction of sp³-hybridized carbons (Fsp3) is 0.417. The summed E-state index contributed by atoms with van der Waals surface area (Å²) in [6, 6.07) is 3.75. The van der Waals surface area contributed by atoms with Crippen LogP contribution in [0.1, 0.15) is 25.6 Å². The van der Waals surface area contributed by atoms with Crippen molar-refractivity contribution in [1.29, 1.82) is 0 Å². The van der Waals surface area contributed by atoms with Crippen molar-refractivity contribution in [3.63, 3.8) is 0 Å². The monoisotopic (exact) mass is 223 g/mol. The number of nitrogens with one attached hydrogen (secondary N) is 1. The molecular weight excluding hydrogens is 206 g/mol. The van der Waals surface area contributed by atoms with E-state index in [2.05, 4.69) is 11.9 Å². The molecule has 0 fully saturated rings. The summed E-state index contributed by atoms with van der Waals surface area (Å²) in [5.74, 6) is 0.471. The molecule has 0 saturated carbocycles. The highest BCUT2D eigenvalue weighted by atomic mass is 16.5. The van der Waals surface area contributed by atoms with Crippen LogP contribution in [0.2, 0.25) is 0 Å². The highest BCUT2D eigenvalue weighted by Crippen LogP contribution is 2.12. The molecule has 88 valence electrons. The van der Waals surface area contributed by atoms with Gasteiger partial charge in [0.2, 0.25) is 0 Å². The van der Waals surface area contributed by atoms with Gasteiger partial charge in [-0.25, -0.2) is 4.79 Å². The van der Waals surface area contributed by atoms with Gasteiger partial charge >= 0.3 is 5.97 Å². The molecule has 1 aromatic rings. The maximum Gasteiger partial charge on any atom is 0.334 e. The van der Waals surface area contributed by atoms with Crippen LogP contribution in [0, 0.1) is 0 Å². The summed E-state index contributed by atoms with van der Waals surface area (Å²) in [6.07, 6.45) is 1.62. The molecule has 0 aromatic carbocycles. The molecule has 0 aliphatic heterocycles. The predicted octanol–water partition coefficient (Wildman–Crippen LogP) is 2.05. The molecule has 4 nitrogen and oxygen atoms in total. The van der Waals surface area contributed by atoms with E-state index in [9.17, 15) is 4.79 Å². The lowest BCUT2D eigenvalue weighted by molar-refractivity contribution is -0.138. The van der Waals surface area contributed by atoms with Gasteiger partial charge in [0, 0.05) is 12.1 Å². The Kier molecular flexibility index (Phi) is 4.79. The Hall–Kier alpha value is -1.55. The lowest BCUT2D eigenvalue weighted by atomic mass is 10.2. The summed E-state index contributed by atoms with van der Waals surface area (Å²) in [4.78, 5) is 11.3. The summed E-state index contributed by atoms with van der Waals surface area (Å²) < 4.78 is 10.1. The number of hydrogen-bond donors (Lipinski definition) is 1. The summed E-state index contributed by atoms with van der Waals surface area (Å²) in [7, 11) is 0. The molecule has 4 heteroatoms. The molecule has 0 radical (unpaired) electrons. The lowest BCUT2D eigenvalue weighted by Crippen LogP contribution is -2.24. The molecule has 0 amide bonds. The minimum Gasteiger partial charge on any atom is -0.468 e. The molecule has 0 saturated heterocycles. The molecule has 0 aliphatic rings. The first-order valence-corrected chi connectivity index (χ1v) is 5.26. The first-order valence-electron chi connectivity index (χ1n) is 5.26. The number of rotatable bonds is 6.